The van der Waals surface area contributed by atoms with Crippen molar-refractivity contribution in [3.8, 4) is 22.8 Å². The molecule has 13 heteroatoms. The molecule has 1 aliphatic heterocycles. The first-order valence-electron chi connectivity index (χ1n) is 10.6. The third-order valence-electron chi connectivity index (χ3n) is 5.11. The van der Waals surface area contributed by atoms with Crippen LogP contribution in [0.5, 0.6) is 5.75 Å². The molecule has 0 aliphatic carbocycles. The Bertz CT molecular complexity index is 1450. The number of aromatic nitrogens is 3. The average molecular weight is 530 g/mol. The van der Waals surface area contributed by atoms with Crippen LogP contribution >= 0.6 is 11.8 Å². The fourth-order valence-corrected chi connectivity index (χ4v) is 4.06. The fraction of sp³-hybridized carbons (Fsp3) is 0.0833. The van der Waals surface area contributed by atoms with Crippen LogP contribution in [0.25, 0.3) is 17.1 Å². The zero-order valence-electron chi connectivity index (χ0n) is 18.6. The van der Waals surface area contributed by atoms with Crippen LogP contribution in [0.3, 0.4) is 0 Å². The summed E-state index contributed by atoms with van der Waals surface area (Å²) < 4.78 is 70.2. The van der Waals surface area contributed by atoms with Crippen molar-refractivity contribution < 1.29 is 26.7 Å². The van der Waals surface area contributed by atoms with Gasteiger partial charge in [0.05, 0.1) is 17.8 Å². The second-order valence-electron chi connectivity index (χ2n) is 7.58. The molecule has 0 saturated carbocycles. The molecule has 3 aromatic carbocycles. The standard InChI is InChI=1S/C24H15F5N6OS/c25-19-2-1-3-20(26)21(19)34-14-37-23(34)32-31-12-15-4-6-16(7-5-15)22-30-13-35(33-22)17-8-10-18(11-9-17)36-24(27,28)29/h1-13H,14H2/b31-12+,32-23-. The minimum absolute atomic E-state index is 0.155. The Morgan fingerprint density at radius 3 is 2.27 bits per heavy atom. The molecule has 1 aromatic heterocycles. The Morgan fingerprint density at radius 1 is 0.946 bits per heavy atom. The number of ether oxygens (including phenoxy) is 1. The van der Waals surface area contributed by atoms with Gasteiger partial charge in [0.2, 0.25) is 0 Å². The highest BCUT2D eigenvalue weighted by Crippen LogP contribution is 2.34. The van der Waals surface area contributed by atoms with Gasteiger partial charge in [0.15, 0.2) is 11.0 Å². The highest BCUT2D eigenvalue weighted by atomic mass is 32.2. The zero-order chi connectivity index (χ0) is 26.0. The second kappa shape index (κ2) is 10.0. The predicted octanol–water partition coefficient (Wildman–Crippen LogP) is 6.01. The molecule has 4 aromatic rings. The summed E-state index contributed by atoms with van der Waals surface area (Å²) in [5, 5.41) is 12.8. The van der Waals surface area contributed by atoms with E-state index in [-0.39, 0.29) is 11.4 Å². The maximum Gasteiger partial charge on any atom is 0.573 e. The largest absolute Gasteiger partial charge is 0.573 e. The molecule has 1 fully saturated rings. The molecule has 0 radical (unpaired) electrons. The van der Waals surface area contributed by atoms with E-state index in [4.69, 9.17) is 0 Å². The monoisotopic (exact) mass is 530 g/mol. The van der Waals surface area contributed by atoms with Gasteiger partial charge in [-0.25, -0.2) is 18.4 Å². The van der Waals surface area contributed by atoms with Crippen molar-refractivity contribution >= 4 is 28.8 Å². The first kappa shape index (κ1) is 24.4. The van der Waals surface area contributed by atoms with E-state index >= 15 is 0 Å². The number of anilines is 1. The van der Waals surface area contributed by atoms with Crippen molar-refractivity contribution in [3.63, 3.8) is 0 Å². The maximum absolute atomic E-state index is 14.0. The number of hydrogen-bond acceptors (Lipinski definition) is 6. The number of halogens is 5. The summed E-state index contributed by atoms with van der Waals surface area (Å²) in [7, 11) is 0. The summed E-state index contributed by atoms with van der Waals surface area (Å²) in [6, 6.07) is 16.0. The Kier molecular flexibility index (Phi) is 6.61. The summed E-state index contributed by atoms with van der Waals surface area (Å²) in [4.78, 5) is 5.66. The summed E-state index contributed by atoms with van der Waals surface area (Å²) in [5.74, 6) is -0.895. The Balaban J connectivity index is 1.24. The molecule has 37 heavy (non-hydrogen) atoms. The summed E-state index contributed by atoms with van der Waals surface area (Å²) in [6.07, 6.45) is -1.81. The molecule has 1 aliphatic rings. The number of para-hydroxylation sites is 1. The van der Waals surface area contributed by atoms with Gasteiger partial charge in [-0.15, -0.1) is 23.4 Å². The molecule has 0 spiro atoms. The Labute approximate surface area is 210 Å². The average Bonchev–Trinajstić information content (AvgIpc) is 3.33. The van der Waals surface area contributed by atoms with Gasteiger partial charge < -0.3 is 9.64 Å². The molecule has 2 heterocycles. The van der Waals surface area contributed by atoms with E-state index in [9.17, 15) is 22.0 Å². The number of rotatable bonds is 6. The molecule has 0 atom stereocenters. The van der Waals surface area contributed by atoms with Crippen LogP contribution in [0.2, 0.25) is 0 Å². The lowest BCUT2D eigenvalue weighted by atomic mass is 10.1. The molecular formula is C24H15F5N6OS. The van der Waals surface area contributed by atoms with Gasteiger partial charge in [-0.2, -0.15) is 5.10 Å². The lowest BCUT2D eigenvalue weighted by Gasteiger charge is -2.32. The number of alkyl halides is 3. The zero-order valence-corrected chi connectivity index (χ0v) is 19.4. The maximum atomic E-state index is 14.0. The van der Waals surface area contributed by atoms with Gasteiger partial charge >= 0.3 is 6.36 Å². The molecular weight excluding hydrogens is 515 g/mol. The van der Waals surface area contributed by atoms with Gasteiger partial charge in [0.25, 0.3) is 0 Å². The first-order valence-corrected chi connectivity index (χ1v) is 11.6. The fourth-order valence-electron chi connectivity index (χ4n) is 3.36. The van der Waals surface area contributed by atoms with Crippen LogP contribution in [0, 0.1) is 11.6 Å². The Hall–Kier alpha value is -4.26. The van der Waals surface area contributed by atoms with Crippen molar-refractivity contribution in [3.05, 3.63) is 90.3 Å². The molecule has 1 saturated heterocycles. The van der Waals surface area contributed by atoms with E-state index in [0.29, 0.717) is 28.1 Å². The molecule has 0 amide bonds. The van der Waals surface area contributed by atoms with Crippen molar-refractivity contribution in [1.29, 1.82) is 0 Å². The van der Waals surface area contributed by atoms with Crippen LogP contribution in [-0.4, -0.2) is 38.4 Å². The molecule has 7 nitrogen and oxygen atoms in total. The van der Waals surface area contributed by atoms with Crippen molar-refractivity contribution in [1.82, 2.24) is 14.8 Å². The first-order chi connectivity index (χ1) is 17.8. The molecule has 0 bridgehead atoms. The SMILES string of the molecule is Fc1cccc(F)c1N1CS/C1=N\N=C\c1ccc(-c2ncn(-c3ccc(OC(F)(F)F)cc3)n2)cc1. The normalized spacial score (nSPS) is 14.8. The highest BCUT2D eigenvalue weighted by molar-refractivity contribution is 8.16. The van der Waals surface area contributed by atoms with Crippen molar-refractivity contribution in [2.45, 2.75) is 6.36 Å². The van der Waals surface area contributed by atoms with Gasteiger partial charge in [0.1, 0.15) is 29.4 Å². The van der Waals surface area contributed by atoms with Crippen LogP contribution in [0.15, 0.2) is 83.3 Å². The predicted molar refractivity (Wildman–Crippen MR) is 130 cm³/mol. The molecule has 0 unspecified atom stereocenters. The minimum Gasteiger partial charge on any atom is -0.406 e. The minimum atomic E-state index is -4.76. The van der Waals surface area contributed by atoms with E-state index in [1.807, 2.05) is 0 Å². The van der Waals surface area contributed by atoms with Gasteiger partial charge in [-0.3, -0.25) is 0 Å². The molecule has 5 rings (SSSR count). The summed E-state index contributed by atoms with van der Waals surface area (Å²) in [6.45, 7) is 0. The lowest BCUT2D eigenvalue weighted by molar-refractivity contribution is -0.274. The number of benzene rings is 3. The van der Waals surface area contributed by atoms with E-state index in [1.165, 1.54) is 76.4 Å². The number of hydrogen-bond donors (Lipinski definition) is 0. The van der Waals surface area contributed by atoms with E-state index in [2.05, 4.69) is 25.0 Å². The van der Waals surface area contributed by atoms with Crippen LogP contribution < -0.4 is 9.64 Å². The molecule has 188 valence electrons. The van der Waals surface area contributed by atoms with E-state index in [1.54, 1.807) is 24.3 Å². The third-order valence-corrected chi connectivity index (χ3v) is 6.05. The van der Waals surface area contributed by atoms with Crippen molar-refractivity contribution in [2.24, 2.45) is 10.2 Å². The van der Waals surface area contributed by atoms with Crippen LogP contribution in [0.4, 0.5) is 27.6 Å². The summed E-state index contributed by atoms with van der Waals surface area (Å²) in [5.41, 5.74) is 1.78. The smallest absolute Gasteiger partial charge is 0.406 e. The highest BCUT2D eigenvalue weighted by Gasteiger charge is 2.31. The lowest BCUT2D eigenvalue weighted by Crippen LogP contribution is -2.39. The molecule has 0 N–H and O–H groups in total. The quantitative estimate of drug-likeness (QED) is 0.174. The number of thioether (sulfide) groups is 1. The van der Waals surface area contributed by atoms with Crippen LogP contribution in [0.1, 0.15) is 5.56 Å². The van der Waals surface area contributed by atoms with Gasteiger partial charge in [0, 0.05) is 5.56 Å². The van der Waals surface area contributed by atoms with E-state index in [0.717, 1.165) is 5.56 Å². The number of amidine groups is 1. The second-order valence-corrected chi connectivity index (χ2v) is 8.49. The van der Waals surface area contributed by atoms with Crippen LogP contribution in [-0.2, 0) is 0 Å². The third kappa shape index (κ3) is 5.61. The van der Waals surface area contributed by atoms with Gasteiger partial charge in [-0.05, 0) is 42.0 Å². The van der Waals surface area contributed by atoms with Gasteiger partial charge in [-0.1, -0.05) is 42.1 Å². The topological polar surface area (TPSA) is 67.9 Å². The number of nitrogens with zero attached hydrogens (tertiary/aromatic N) is 6. The van der Waals surface area contributed by atoms with Crippen molar-refractivity contribution in [2.75, 3.05) is 10.8 Å². The van der Waals surface area contributed by atoms with E-state index < -0.39 is 18.0 Å². The summed E-state index contributed by atoms with van der Waals surface area (Å²) >= 11 is 1.32. The Morgan fingerprint density at radius 2 is 1.65 bits per heavy atom.